The van der Waals surface area contributed by atoms with Gasteiger partial charge in [-0.1, -0.05) is 6.92 Å². The lowest BCUT2D eigenvalue weighted by atomic mass is 9.95. The predicted molar refractivity (Wildman–Crippen MR) is 76.9 cm³/mol. The molecule has 114 valence electrons. The van der Waals surface area contributed by atoms with E-state index >= 15 is 0 Å². The number of anilines is 1. The number of piperidine rings is 1. The second-order valence-electron chi connectivity index (χ2n) is 5.61. The SMILES string of the molecule is CC1CCC(C)N(C(=O)Nc2ccc(F)cc2C(=O)O)C1. The zero-order valence-electron chi connectivity index (χ0n) is 12.1. The summed E-state index contributed by atoms with van der Waals surface area (Å²) in [4.78, 5) is 25.1. The lowest BCUT2D eigenvalue weighted by molar-refractivity contribution is 0.0697. The van der Waals surface area contributed by atoms with Crippen molar-refractivity contribution in [2.24, 2.45) is 5.92 Å². The number of halogens is 1. The first-order chi connectivity index (χ1) is 9.88. The molecule has 0 saturated carbocycles. The Kier molecular flexibility index (Phi) is 4.45. The van der Waals surface area contributed by atoms with Crippen LogP contribution in [-0.4, -0.2) is 34.6 Å². The number of carboxylic acid groups (broad SMARTS) is 1. The molecule has 2 N–H and O–H groups in total. The van der Waals surface area contributed by atoms with E-state index < -0.39 is 11.8 Å². The van der Waals surface area contributed by atoms with Crippen molar-refractivity contribution in [2.75, 3.05) is 11.9 Å². The first-order valence-corrected chi connectivity index (χ1v) is 6.99. The van der Waals surface area contributed by atoms with Crippen LogP contribution in [0.4, 0.5) is 14.9 Å². The van der Waals surface area contributed by atoms with Crippen LogP contribution in [0, 0.1) is 11.7 Å². The Morgan fingerprint density at radius 1 is 1.33 bits per heavy atom. The van der Waals surface area contributed by atoms with Crippen molar-refractivity contribution in [3.63, 3.8) is 0 Å². The second-order valence-corrected chi connectivity index (χ2v) is 5.61. The Bertz CT molecular complexity index is 562. The van der Waals surface area contributed by atoms with Crippen LogP contribution < -0.4 is 5.32 Å². The third kappa shape index (κ3) is 3.51. The summed E-state index contributed by atoms with van der Waals surface area (Å²) in [6.45, 7) is 4.68. The highest BCUT2D eigenvalue weighted by Gasteiger charge is 2.27. The number of hydrogen-bond donors (Lipinski definition) is 2. The van der Waals surface area contributed by atoms with E-state index in [0.29, 0.717) is 12.5 Å². The summed E-state index contributed by atoms with van der Waals surface area (Å²) in [5, 5.41) is 11.7. The van der Waals surface area contributed by atoms with Crippen LogP contribution in [0.25, 0.3) is 0 Å². The number of amides is 2. The molecule has 5 nitrogen and oxygen atoms in total. The number of rotatable bonds is 2. The first-order valence-electron chi connectivity index (χ1n) is 6.99. The van der Waals surface area contributed by atoms with E-state index in [1.165, 1.54) is 6.07 Å². The molecule has 0 radical (unpaired) electrons. The normalized spacial score (nSPS) is 22.0. The number of benzene rings is 1. The molecule has 1 saturated heterocycles. The molecule has 2 amide bonds. The van der Waals surface area contributed by atoms with Crippen LogP contribution in [-0.2, 0) is 0 Å². The van der Waals surface area contributed by atoms with Gasteiger partial charge in [-0.05, 0) is 43.9 Å². The van der Waals surface area contributed by atoms with Crippen LogP contribution in [0.5, 0.6) is 0 Å². The molecule has 2 unspecified atom stereocenters. The predicted octanol–water partition coefficient (Wildman–Crippen LogP) is 3.18. The van der Waals surface area contributed by atoms with E-state index in [2.05, 4.69) is 12.2 Å². The molecule has 1 aromatic rings. The molecule has 0 aromatic heterocycles. The molecule has 1 heterocycles. The molecule has 1 aromatic carbocycles. The summed E-state index contributed by atoms with van der Waals surface area (Å²) in [6, 6.07) is 3.07. The number of nitrogens with zero attached hydrogens (tertiary/aromatic N) is 1. The first kappa shape index (κ1) is 15.3. The van der Waals surface area contributed by atoms with Crippen LogP contribution in [0.2, 0.25) is 0 Å². The molecular weight excluding hydrogens is 275 g/mol. The second kappa shape index (κ2) is 6.11. The van der Waals surface area contributed by atoms with Gasteiger partial charge in [-0.15, -0.1) is 0 Å². The van der Waals surface area contributed by atoms with E-state index in [1.54, 1.807) is 4.90 Å². The monoisotopic (exact) mass is 294 g/mol. The highest BCUT2D eigenvalue weighted by molar-refractivity contribution is 6.00. The van der Waals surface area contributed by atoms with Gasteiger partial charge in [0.15, 0.2) is 0 Å². The number of aromatic carboxylic acids is 1. The topological polar surface area (TPSA) is 69.6 Å². The van der Waals surface area contributed by atoms with Crippen molar-refractivity contribution in [1.29, 1.82) is 0 Å². The van der Waals surface area contributed by atoms with E-state index in [-0.39, 0.29) is 23.3 Å². The molecule has 0 bridgehead atoms. The van der Waals surface area contributed by atoms with Crippen molar-refractivity contribution in [2.45, 2.75) is 32.7 Å². The fraction of sp³-hybridized carbons (Fsp3) is 0.467. The standard InChI is InChI=1S/C15H19FN2O3/c1-9-3-4-10(2)18(8-9)15(21)17-13-6-5-11(16)7-12(13)14(19)20/h5-7,9-10H,3-4,8H2,1-2H3,(H,17,21)(H,19,20). The summed E-state index contributed by atoms with van der Waals surface area (Å²) in [5.41, 5.74) is -0.139. The largest absolute Gasteiger partial charge is 0.478 e. The summed E-state index contributed by atoms with van der Waals surface area (Å²) in [5.74, 6) is -1.51. The molecule has 6 heteroatoms. The lowest BCUT2D eigenvalue weighted by Crippen LogP contribution is -2.47. The van der Waals surface area contributed by atoms with Crippen molar-refractivity contribution < 1.29 is 19.1 Å². The average Bonchev–Trinajstić information content (AvgIpc) is 2.43. The van der Waals surface area contributed by atoms with Gasteiger partial charge in [0.2, 0.25) is 0 Å². The third-order valence-corrected chi connectivity index (χ3v) is 3.83. The molecule has 1 fully saturated rings. The maximum absolute atomic E-state index is 13.1. The van der Waals surface area contributed by atoms with E-state index in [1.807, 2.05) is 6.92 Å². The van der Waals surface area contributed by atoms with Crippen molar-refractivity contribution in [3.8, 4) is 0 Å². The Balaban J connectivity index is 2.17. The summed E-state index contributed by atoms with van der Waals surface area (Å²) in [7, 11) is 0. The Morgan fingerprint density at radius 3 is 2.71 bits per heavy atom. The number of nitrogens with one attached hydrogen (secondary N) is 1. The Labute approximate surface area is 122 Å². The average molecular weight is 294 g/mol. The summed E-state index contributed by atoms with van der Waals surface area (Å²) in [6.07, 6.45) is 1.99. The fourth-order valence-corrected chi connectivity index (χ4v) is 2.56. The molecule has 2 atom stereocenters. The zero-order valence-corrected chi connectivity index (χ0v) is 12.1. The summed E-state index contributed by atoms with van der Waals surface area (Å²) < 4.78 is 13.1. The Morgan fingerprint density at radius 2 is 2.05 bits per heavy atom. The fourth-order valence-electron chi connectivity index (χ4n) is 2.56. The minimum atomic E-state index is -1.27. The van der Waals surface area contributed by atoms with Crippen molar-refractivity contribution >= 4 is 17.7 Å². The number of carbonyl (C=O) groups is 2. The van der Waals surface area contributed by atoms with E-state index in [4.69, 9.17) is 5.11 Å². The molecule has 0 spiro atoms. The van der Waals surface area contributed by atoms with E-state index in [9.17, 15) is 14.0 Å². The van der Waals surface area contributed by atoms with Gasteiger partial charge in [0, 0.05) is 12.6 Å². The van der Waals surface area contributed by atoms with Gasteiger partial charge in [-0.25, -0.2) is 14.0 Å². The third-order valence-electron chi connectivity index (χ3n) is 3.83. The van der Waals surface area contributed by atoms with Gasteiger partial charge in [0.25, 0.3) is 0 Å². The van der Waals surface area contributed by atoms with Crippen LogP contribution in [0.15, 0.2) is 18.2 Å². The minimum Gasteiger partial charge on any atom is -0.478 e. The number of hydrogen-bond acceptors (Lipinski definition) is 2. The minimum absolute atomic E-state index is 0.106. The lowest BCUT2D eigenvalue weighted by Gasteiger charge is -2.36. The van der Waals surface area contributed by atoms with Crippen molar-refractivity contribution in [3.05, 3.63) is 29.6 Å². The van der Waals surface area contributed by atoms with Gasteiger partial charge >= 0.3 is 12.0 Å². The number of likely N-dealkylation sites (tertiary alicyclic amines) is 1. The molecule has 0 aliphatic carbocycles. The highest BCUT2D eigenvalue weighted by Crippen LogP contribution is 2.23. The quantitative estimate of drug-likeness (QED) is 0.880. The summed E-state index contributed by atoms with van der Waals surface area (Å²) >= 11 is 0. The van der Waals surface area contributed by atoms with Crippen LogP contribution >= 0.6 is 0 Å². The van der Waals surface area contributed by atoms with E-state index in [0.717, 1.165) is 25.0 Å². The zero-order chi connectivity index (χ0) is 15.6. The van der Waals surface area contributed by atoms with Crippen LogP contribution in [0.3, 0.4) is 0 Å². The highest BCUT2D eigenvalue weighted by atomic mass is 19.1. The maximum atomic E-state index is 13.1. The van der Waals surface area contributed by atoms with Gasteiger partial charge in [0.05, 0.1) is 11.3 Å². The molecular formula is C15H19FN2O3. The van der Waals surface area contributed by atoms with Gasteiger partial charge in [0.1, 0.15) is 5.82 Å². The smallest absolute Gasteiger partial charge is 0.337 e. The van der Waals surface area contributed by atoms with Gasteiger partial charge in [-0.3, -0.25) is 0 Å². The molecule has 1 aliphatic heterocycles. The molecule has 21 heavy (non-hydrogen) atoms. The number of urea groups is 1. The van der Waals surface area contributed by atoms with Crippen molar-refractivity contribution in [1.82, 2.24) is 4.90 Å². The van der Waals surface area contributed by atoms with Gasteiger partial charge in [-0.2, -0.15) is 0 Å². The van der Waals surface area contributed by atoms with Crippen LogP contribution in [0.1, 0.15) is 37.0 Å². The van der Waals surface area contributed by atoms with Gasteiger partial charge < -0.3 is 15.3 Å². The molecule has 1 aliphatic rings. The maximum Gasteiger partial charge on any atom is 0.337 e. The molecule has 2 rings (SSSR count). The number of carboxylic acids is 1. The number of carbonyl (C=O) groups excluding carboxylic acids is 1. The Hall–Kier alpha value is -2.11.